The molecule has 0 radical (unpaired) electrons. The maximum Gasteiger partial charge on any atom is 0.224 e. The molecule has 0 aliphatic heterocycles. The number of nitrogens with zero attached hydrogens (tertiary/aromatic N) is 1. The molecule has 0 aromatic heterocycles. The Morgan fingerprint density at radius 1 is 1.32 bits per heavy atom. The van der Waals surface area contributed by atoms with E-state index in [0.717, 1.165) is 32.4 Å². The Labute approximate surface area is 117 Å². The van der Waals surface area contributed by atoms with Crippen molar-refractivity contribution in [3.63, 3.8) is 0 Å². The number of ether oxygens (including phenoxy) is 1. The number of nitrogens with one attached hydrogen (secondary N) is 1. The number of carbonyl (C=O) groups excluding carboxylic acids is 1. The highest BCUT2D eigenvalue weighted by Crippen LogP contribution is 2.23. The first kappa shape index (κ1) is 16.4. The Kier molecular flexibility index (Phi) is 6.80. The molecule has 0 spiro atoms. The number of carbonyl (C=O) groups is 1. The minimum atomic E-state index is 0.0837. The molecule has 0 unspecified atom stereocenters. The van der Waals surface area contributed by atoms with Crippen molar-refractivity contribution in [2.45, 2.75) is 65.1 Å². The fourth-order valence-electron chi connectivity index (χ4n) is 2.41. The summed E-state index contributed by atoms with van der Waals surface area (Å²) in [5, 5.41) is 3.51. The second kappa shape index (κ2) is 7.85. The first-order valence-electron chi connectivity index (χ1n) is 7.52. The molecule has 0 bridgehead atoms. The number of rotatable bonds is 8. The zero-order valence-corrected chi connectivity index (χ0v) is 13.1. The van der Waals surface area contributed by atoms with Crippen LogP contribution in [0.1, 0.15) is 47.0 Å². The Balaban J connectivity index is 1.99. The molecule has 4 heteroatoms. The van der Waals surface area contributed by atoms with E-state index < -0.39 is 0 Å². The molecule has 0 saturated heterocycles. The van der Waals surface area contributed by atoms with Gasteiger partial charge < -0.3 is 15.0 Å². The van der Waals surface area contributed by atoms with Crippen LogP contribution in [0.4, 0.5) is 0 Å². The predicted molar refractivity (Wildman–Crippen MR) is 78.1 cm³/mol. The molecule has 1 N–H and O–H groups in total. The van der Waals surface area contributed by atoms with E-state index in [0.29, 0.717) is 18.2 Å². The van der Waals surface area contributed by atoms with Gasteiger partial charge in [-0.2, -0.15) is 0 Å². The third-order valence-electron chi connectivity index (χ3n) is 3.53. The normalized spacial score (nSPS) is 22.7. The summed E-state index contributed by atoms with van der Waals surface area (Å²) in [7, 11) is 1.87. The molecule has 0 aromatic carbocycles. The fourth-order valence-corrected chi connectivity index (χ4v) is 2.41. The lowest BCUT2D eigenvalue weighted by Crippen LogP contribution is -2.48. The lowest BCUT2D eigenvalue weighted by Gasteiger charge is -2.37. The highest BCUT2D eigenvalue weighted by Gasteiger charge is 2.29. The van der Waals surface area contributed by atoms with Gasteiger partial charge in [-0.05, 0) is 19.3 Å². The SMILES string of the molecule is CC(C)NC1CC(OCCCN(C)C(=O)C(C)C)C1. The zero-order valence-electron chi connectivity index (χ0n) is 13.1. The van der Waals surface area contributed by atoms with Crippen molar-refractivity contribution in [3.8, 4) is 0 Å². The van der Waals surface area contributed by atoms with E-state index in [1.54, 1.807) is 4.90 Å². The Bertz CT molecular complexity index is 273. The maximum atomic E-state index is 11.7. The molecule has 1 aliphatic carbocycles. The standard InChI is InChI=1S/C15H30N2O2/c1-11(2)15(18)17(5)7-6-8-19-14-9-13(10-14)16-12(3)4/h11-14,16H,6-10H2,1-5H3. The summed E-state index contributed by atoms with van der Waals surface area (Å²) in [5.74, 6) is 0.297. The second-order valence-corrected chi connectivity index (χ2v) is 6.25. The smallest absolute Gasteiger partial charge is 0.224 e. The van der Waals surface area contributed by atoms with Crippen molar-refractivity contribution in [1.29, 1.82) is 0 Å². The quantitative estimate of drug-likeness (QED) is 0.686. The molecule has 0 heterocycles. The van der Waals surface area contributed by atoms with Crippen molar-refractivity contribution < 1.29 is 9.53 Å². The minimum Gasteiger partial charge on any atom is -0.378 e. The second-order valence-electron chi connectivity index (χ2n) is 6.25. The molecule has 1 rings (SSSR count). The molecule has 19 heavy (non-hydrogen) atoms. The van der Waals surface area contributed by atoms with Gasteiger partial charge in [0.1, 0.15) is 0 Å². The summed E-state index contributed by atoms with van der Waals surface area (Å²) in [6, 6.07) is 1.19. The van der Waals surface area contributed by atoms with E-state index in [1.807, 2.05) is 20.9 Å². The van der Waals surface area contributed by atoms with Gasteiger partial charge in [-0.15, -0.1) is 0 Å². The topological polar surface area (TPSA) is 41.6 Å². The summed E-state index contributed by atoms with van der Waals surface area (Å²) in [6.45, 7) is 9.77. The summed E-state index contributed by atoms with van der Waals surface area (Å²) in [6.07, 6.45) is 3.59. The fraction of sp³-hybridized carbons (Fsp3) is 0.933. The van der Waals surface area contributed by atoms with Crippen LogP contribution in [0.3, 0.4) is 0 Å². The largest absolute Gasteiger partial charge is 0.378 e. The molecule has 1 saturated carbocycles. The summed E-state index contributed by atoms with van der Waals surface area (Å²) < 4.78 is 5.80. The van der Waals surface area contributed by atoms with Crippen LogP contribution in [0.2, 0.25) is 0 Å². The van der Waals surface area contributed by atoms with Crippen LogP contribution in [-0.2, 0) is 9.53 Å². The van der Waals surface area contributed by atoms with E-state index >= 15 is 0 Å². The van der Waals surface area contributed by atoms with Gasteiger partial charge in [-0.25, -0.2) is 0 Å². The molecular formula is C15H30N2O2. The number of hydrogen-bond acceptors (Lipinski definition) is 3. The van der Waals surface area contributed by atoms with Gasteiger partial charge in [0, 0.05) is 38.2 Å². The Hall–Kier alpha value is -0.610. The van der Waals surface area contributed by atoms with Crippen LogP contribution in [-0.4, -0.2) is 49.2 Å². The molecule has 112 valence electrons. The van der Waals surface area contributed by atoms with Crippen LogP contribution >= 0.6 is 0 Å². The summed E-state index contributed by atoms with van der Waals surface area (Å²) in [5.41, 5.74) is 0. The van der Waals surface area contributed by atoms with Crippen LogP contribution < -0.4 is 5.32 Å². The van der Waals surface area contributed by atoms with Gasteiger partial charge in [-0.3, -0.25) is 4.79 Å². The lowest BCUT2D eigenvalue weighted by molar-refractivity contribution is -0.133. The van der Waals surface area contributed by atoms with Gasteiger partial charge in [0.15, 0.2) is 0 Å². The van der Waals surface area contributed by atoms with E-state index in [-0.39, 0.29) is 11.8 Å². The average molecular weight is 270 g/mol. The van der Waals surface area contributed by atoms with Crippen LogP contribution in [0, 0.1) is 5.92 Å². The molecule has 1 fully saturated rings. The summed E-state index contributed by atoms with van der Waals surface area (Å²) >= 11 is 0. The molecule has 1 amide bonds. The van der Waals surface area contributed by atoms with Gasteiger partial charge in [0.05, 0.1) is 6.10 Å². The van der Waals surface area contributed by atoms with E-state index in [4.69, 9.17) is 4.74 Å². The van der Waals surface area contributed by atoms with Gasteiger partial charge >= 0.3 is 0 Å². The van der Waals surface area contributed by atoms with Crippen molar-refractivity contribution >= 4 is 5.91 Å². The van der Waals surface area contributed by atoms with Crippen LogP contribution in [0.5, 0.6) is 0 Å². The predicted octanol–water partition coefficient (Wildman–Crippen LogP) is 2.04. The first-order valence-corrected chi connectivity index (χ1v) is 7.52. The third kappa shape index (κ3) is 5.91. The van der Waals surface area contributed by atoms with E-state index in [1.165, 1.54) is 0 Å². The number of amides is 1. The Morgan fingerprint density at radius 2 is 1.95 bits per heavy atom. The Morgan fingerprint density at radius 3 is 2.47 bits per heavy atom. The monoisotopic (exact) mass is 270 g/mol. The maximum absolute atomic E-state index is 11.7. The molecule has 0 aromatic rings. The first-order chi connectivity index (χ1) is 8.90. The summed E-state index contributed by atoms with van der Waals surface area (Å²) in [4.78, 5) is 13.5. The van der Waals surface area contributed by atoms with Crippen molar-refractivity contribution in [2.24, 2.45) is 5.92 Å². The van der Waals surface area contributed by atoms with Crippen LogP contribution in [0.25, 0.3) is 0 Å². The number of hydrogen-bond donors (Lipinski definition) is 1. The van der Waals surface area contributed by atoms with E-state index in [9.17, 15) is 4.79 Å². The minimum absolute atomic E-state index is 0.0837. The average Bonchev–Trinajstić information content (AvgIpc) is 2.28. The van der Waals surface area contributed by atoms with Gasteiger partial charge in [0.2, 0.25) is 5.91 Å². The van der Waals surface area contributed by atoms with Crippen molar-refractivity contribution in [3.05, 3.63) is 0 Å². The zero-order chi connectivity index (χ0) is 14.4. The highest BCUT2D eigenvalue weighted by molar-refractivity contribution is 5.77. The lowest BCUT2D eigenvalue weighted by atomic mass is 9.89. The van der Waals surface area contributed by atoms with Gasteiger partial charge in [0.25, 0.3) is 0 Å². The molecular weight excluding hydrogens is 240 g/mol. The van der Waals surface area contributed by atoms with E-state index in [2.05, 4.69) is 19.2 Å². The molecule has 4 nitrogen and oxygen atoms in total. The van der Waals surface area contributed by atoms with Crippen LogP contribution in [0.15, 0.2) is 0 Å². The molecule has 0 atom stereocenters. The van der Waals surface area contributed by atoms with Crippen molar-refractivity contribution in [2.75, 3.05) is 20.2 Å². The highest BCUT2D eigenvalue weighted by atomic mass is 16.5. The third-order valence-corrected chi connectivity index (χ3v) is 3.53. The molecule has 1 aliphatic rings. The van der Waals surface area contributed by atoms with Crippen molar-refractivity contribution in [1.82, 2.24) is 10.2 Å². The van der Waals surface area contributed by atoms with Gasteiger partial charge in [-0.1, -0.05) is 27.7 Å².